The van der Waals surface area contributed by atoms with Gasteiger partial charge in [0, 0.05) is 16.5 Å². The molecule has 0 aliphatic carbocycles. The Kier molecular flexibility index (Phi) is 7.01. The molecule has 0 spiro atoms. The number of rotatable bonds is 8. The summed E-state index contributed by atoms with van der Waals surface area (Å²) in [7, 11) is 3.56. The van der Waals surface area contributed by atoms with Crippen LogP contribution in [0.3, 0.4) is 0 Å². The lowest BCUT2D eigenvalue weighted by atomic mass is 10.0. The second kappa shape index (κ2) is 9.67. The van der Waals surface area contributed by atoms with Crippen molar-refractivity contribution < 1.29 is 13.9 Å². The number of thiophene rings is 1. The predicted octanol–water partition coefficient (Wildman–Crippen LogP) is 4.79. The lowest BCUT2D eigenvalue weighted by molar-refractivity contribution is -0.122. The van der Waals surface area contributed by atoms with Crippen LogP contribution in [0.15, 0.2) is 66.0 Å². The van der Waals surface area contributed by atoms with Gasteiger partial charge in [0.2, 0.25) is 5.91 Å². The average molecular weight is 413 g/mol. The van der Waals surface area contributed by atoms with Crippen molar-refractivity contribution >= 4 is 17.2 Å². The summed E-state index contributed by atoms with van der Waals surface area (Å²) in [4.78, 5) is 15.8. The summed E-state index contributed by atoms with van der Waals surface area (Å²) in [6.45, 7) is 2.27. The van der Waals surface area contributed by atoms with E-state index in [-0.39, 0.29) is 30.4 Å². The lowest BCUT2D eigenvalue weighted by Gasteiger charge is -2.27. The molecule has 0 aliphatic heterocycles. The number of halogens is 1. The highest BCUT2D eigenvalue weighted by atomic mass is 32.1. The van der Waals surface area contributed by atoms with Crippen LogP contribution in [-0.2, 0) is 4.79 Å². The first-order chi connectivity index (χ1) is 14.0. The van der Waals surface area contributed by atoms with Gasteiger partial charge in [-0.25, -0.2) is 4.39 Å². The summed E-state index contributed by atoms with van der Waals surface area (Å²) in [5.74, 6) is 0.405. The third-order valence-corrected chi connectivity index (χ3v) is 5.92. The van der Waals surface area contributed by atoms with Crippen molar-refractivity contribution in [3.05, 3.63) is 87.9 Å². The largest absolute Gasteiger partial charge is 0.496 e. The van der Waals surface area contributed by atoms with Gasteiger partial charge in [-0.3, -0.25) is 9.69 Å². The smallest absolute Gasteiger partial charge is 0.234 e. The molecule has 152 valence electrons. The first kappa shape index (κ1) is 21.0. The van der Waals surface area contributed by atoms with E-state index in [1.54, 1.807) is 30.6 Å². The molecule has 2 atom stereocenters. The number of amides is 1. The van der Waals surface area contributed by atoms with Gasteiger partial charge >= 0.3 is 0 Å². The minimum Gasteiger partial charge on any atom is -0.496 e. The van der Waals surface area contributed by atoms with Crippen LogP contribution in [0, 0.1) is 5.82 Å². The number of likely N-dealkylation sites (N-methyl/N-ethyl adjacent to an activating group) is 1. The molecule has 0 bridgehead atoms. The Morgan fingerprint density at radius 3 is 2.52 bits per heavy atom. The number of nitrogens with one attached hydrogen (secondary N) is 1. The van der Waals surface area contributed by atoms with E-state index in [0.717, 1.165) is 21.8 Å². The molecule has 3 rings (SSSR count). The van der Waals surface area contributed by atoms with Crippen LogP contribution in [0.2, 0.25) is 0 Å². The van der Waals surface area contributed by atoms with Gasteiger partial charge in [-0.15, -0.1) is 11.3 Å². The van der Waals surface area contributed by atoms with Gasteiger partial charge in [0.25, 0.3) is 0 Å². The van der Waals surface area contributed by atoms with E-state index in [0.29, 0.717) is 0 Å². The van der Waals surface area contributed by atoms with Crippen molar-refractivity contribution in [3.8, 4) is 5.75 Å². The highest BCUT2D eigenvalue weighted by Crippen LogP contribution is 2.29. The van der Waals surface area contributed by atoms with Crippen LogP contribution in [0.4, 0.5) is 4.39 Å². The topological polar surface area (TPSA) is 41.6 Å². The fourth-order valence-electron chi connectivity index (χ4n) is 3.25. The number of carbonyl (C=O) groups is 1. The number of hydrogen-bond acceptors (Lipinski definition) is 4. The maximum Gasteiger partial charge on any atom is 0.234 e. The quantitative estimate of drug-likeness (QED) is 0.578. The Hall–Kier alpha value is -2.70. The second-order valence-electron chi connectivity index (χ2n) is 6.90. The average Bonchev–Trinajstić information content (AvgIpc) is 3.26. The normalized spacial score (nSPS) is 13.1. The zero-order valence-electron chi connectivity index (χ0n) is 16.8. The minimum atomic E-state index is -0.307. The molecule has 2 aromatic carbocycles. The van der Waals surface area contributed by atoms with Gasteiger partial charge in [0.05, 0.1) is 19.7 Å². The van der Waals surface area contributed by atoms with E-state index in [2.05, 4.69) is 5.32 Å². The van der Waals surface area contributed by atoms with E-state index in [1.165, 1.54) is 12.1 Å². The second-order valence-corrected chi connectivity index (χ2v) is 7.88. The maximum absolute atomic E-state index is 13.3. The van der Waals surface area contributed by atoms with E-state index in [9.17, 15) is 9.18 Å². The van der Waals surface area contributed by atoms with E-state index >= 15 is 0 Å². The third kappa shape index (κ3) is 5.22. The highest BCUT2D eigenvalue weighted by molar-refractivity contribution is 7.10. The van der Waals surface area contributed by atoms with Crippen LogP contribution in [0.25, 0.3) is 0 Å². The molecule has 0 radical (unpaired) electrons. The van der Waals surface area contributed by atoms with Crippen molar-refractivity contribution in [3.63, 3.8) is 0 Å². The Balaban J connectivity index is 1.72. The Morgan fingerprint density at radius 1 is 1.14 bits per heavy atom. The molecule has 29 heavy (non-hydrogen) atoms. The standard InChI is InChI=1S/C23H25FN2O2S/c1-16(19-7-4-5-8-20(19)28-3)26(2)15-22(27)25-23(21-9-6-14-29-21)17-10-12-18(24)13-11-17/h4-14,16,23H,15H2,1-3H3,(H,25,27). The number of carbonyl (C=O) groups excluding carboxylic acids is 1. The Morgan fingerprint density at radius 2 is 1.86 bits per heavy atom. The molecule has 4 nitrogen and oxygen atoms in total. The summed E-state index contributed by atoms with van der Waals surface area (Å²) in [6, 6.07) is 17.7. The zero-order valence-corrected chi connectivity index (χ0v) is 17.6. The molecule has 0 saturated heterocycles. The predicted molar refractivity (Wildman–Crippen MR) is 115 cm³/mol. The van der Waals surface area contributed by atoms with Crippen LogP contribution in [0.1, 0.15) is 35.0 Å². The number of hydrogen-bond donors (Lipinski definition) is 1. The molecule has 1 aromatic heterocycles. The summed E-state index contributed by atoms with van der Waals surface area (Å²) in [5.41, 5.74) is 1.88. The zero-order chi connectivity index (χ0) is 20.8. The fraction of sp³-hybridized carbons (Fsp3) is 0.261. The molecular formula is C23H25FN2O2S. The van der Waals surface area contributed by atoms with Crippen LogP contribution in [0.5, 0.6) is 5.75 Å². The van der Waals surface area contributed by atoms with Crippen molar-refractivity contribution in [1.82, 2.24) is 10.2 Å². The highest BCUT2D eigenvalue weighted by Gasteiger charge is 2.22. The van der Waals surface area contributed by atoms with Gasteiger partial charge in [0.15, 0.2) is 0 Å². The van der Waals surface area contributed by atoms with E-state index in [1.807, 2.05) is 60.6 Å². The molecular weight excluding hydrogens is 387 g/mol. The van der Waals surface area contributed by atoms with Gasteiger partial charge in [-0.1, -0.05) is 36.4 Å². The van der Waals surface area contributed by atoms with Crippen molar-refractivity contribution in [1.29, 1.82) is 0 Å². The molecule has 0 aliphatic rings. The van der Waals surface area contributed by atoms with Gasteiger partial charge in [0.1, 0.15) is 11.6 Å². The molecule has 1 amide bonds. The van der Waals surface area contributed by atoms with Crippen LogP contribution in [-0.4, -0.2) is 31.5 Å². The summed E-state index contributed by atoms with van der Waals surface area (Å²) in [5, 5.41) is 5.06. The molecule has 6 heteroatoms. The number of methoxy groups -OCH3 is 1. The molecule has 0 fully saturated rings. The monoisotopic (exact) mass is 412 g/mol. The minimum absolute atomic E-state index is 0.00269. The molecule has 0 saturated carbocycles. The van der Waals surface area contributed by atoms with Crippen molar-refractivity contribution in [2.24, 2.45) is 0 Å². The summed E-state index contributed by atoms with van der Waals surface area (Å²) in [6.07, 6.45) is 0. The van der Waals surface area contributed by atoms with E-state index < -0.39 is 0 Å². The van der Waals surface area contributed by atoms with Gasteiger partial charge < -0.3 is 10.1 Å². The van der Waals surface area contributed by atoms with Crippen molar-refractivity contribution in [2.75, 3.05) is 20.7 Å². The Bertz CT molecular complexity index is 928. The van der Waals surface area contributed by atoms with Crippen LogP contribution >= 0.6 is 11.3 Å². The third-order valence-electron chi connectivity index (χ3n) is 4.98. The molecule has 2 unspecified atom stereocenters. The maximum atomic E-state index is 13.3. The fourth-order valence-corrected chi connectivity index (χ4v) is 4.05. The van der Waals surface area contributed by atoms with E-state index in [4.69, 9.17) is 4.74 Å². The van der Waals surface area contributed by atoms with Gasteiger partial charge in [-0.2, -0.15) is 0 Å². The molecule has 1 heterocycles. The molecule has 1 N–H and O–H groups in total. The summed E-state index contributed by atoms with van der Waals surface area (Å²) < 4.78 is 18.8. The van der Waals surface area contributed by atoms with Gasteiger partial charge in [-0.05, 0) is 49.2 Å². The SMILES string of the molecule is COc1ccccc1C(C)N(C)CC(=O)NC(c1ccc(F)cc1)c1cccs1. The Labute approximate surface area is 174 Å². The number of para-hydroxylation sites is 1. The first-order valence-electron chi connectivity index (χ1n) is 9.41. The van der Waals surface area contributed by atoms with Crippen LogP contribution < -0.4 is 10.1 Å². The molecule has 3 aromatic rings. The lowest BCUT2D eigenvalue weighted by Crippen LogP contribution is -2.38. The number of nitrogens with zero attached hydrogens (tertiary/aromatic N) is 1. The first-order valence-corrected chi connectivity index (χ1v) is 10.3. The number of ether oxygens (including phenoxy) is 1. The number of benzene rings is 2. The summed E-state index contributed by atoms with van der Waals surface area (Å²) >= 11 is 1.56. The van der Waals surface area contributed by atoms with Crippen molar-refractivity contribution in [2.45, 2.75) is 19.0 Å².